The molecule has 0 saturated heterocycles. The maximum absolute atomic E-state index is 14.2. The number of nitriles is 2. The van der Waals surface area contributed by atoms with Crippen molar-refractivity contribution in [1.82, 2.24) is 0 Å². The van der Waals surface area contributed by atoms with Crippen molar-refractivity contribution >= 4 is 23.2 Å². The number of allylic oxidation sites excluding steroid dienone is 1. The Balaban J connectivity index is 1.74. The lowest BCUT2D eigenvalue weighted by Crippen LogP contribution is -2.53. The molecule has 0 radical (unpaired) electrons. The number of benzene rings is 3. The van der Waals surface area contributed by atoms with Crippen LogP contribution in [-0.2, 0) is 10.2 Å². The zero-order chi connectivity index (χ0) is 27.2. The fourth-order valence-corrected chi connectivity index (χ4v) is 5.88. The Morgan fingerprint density at radius 3 is 2.00 bits per heavy atom. The van der Waals surface area contributed by atoms with Crippen molar-refractivity contribution in [3.63, 3.8) is 0 Å². The Hall–Kier alpha value is -4.81. The van der Waals surface area contributed by atoms with Crippen LogP contribution in [0.1, 0.15) is 43.8 Å². The normalized spacial score (nSPS) is 21.0. The van der Waals surface area contributed by atoms with Crippen LogP contribution in [0.25, 0.3) is 0 Å². The molecule has 0 fully saturated rings. The highest BCUT2D eigenvalue weighted by Crippen LogP contribution is 2.63. The molecular weight excluding hydrogens is 474 g/mol. The lowest BCUT2D eigenvalue weighted by Gasteiger charge is -2.37. The van der Waals surface area contributed by atoms with Gasteiger partial charge in [-0.3, -0.25) is 14.4 Å². The van der Waals surface area contributed by atoms with E-state index in [0.29, 0.717) is 22.4 Å². The second-order valence-electron chi connectivity index (χ2n) is 10.0. The highest BCUT2D eigenvalue weighted by Gasteiger charge is 2.72. The van der Waals surface area contributed by atoms with Crippen LogP contribution in [0, 0.1) is 47.8 Å². The molecule has 186 valence electrons. The number of nitrogens with zero attached hydrogens (tertiary/aromatic N) is 3. The third-order valence-corrected chi connectivity index (χ3v) is 7.90. The number of carbonyl (C=O) groups is 3. The minimum Gasteiger partial charge on any atom is -0.314 e. The van der Waals surface area contributed by atoms with E-state index in [1.165, 1.54) is 11.0 Å². The number of hydrogen-bond acceptors (Lipinski definition) is 5. The first-order valence-corrected chi connectivity index (χ1v) is 12.3. The number of hydrogen-bond donors (Lipinski definition) is 0. The molecule has 5 rings (SSSR count). The number of fused-ring (bicyclic) bond motifs is 2. The SMILES string of the molecule is Cc1ccc(C(=O)CC2C=C(C(=O)c3ccc(C)cc3)[C@@]3(C(=O)N(C)c4ccccc43)C2(C#N)C#N)cc1. The van der Waals surface area contributed by atoms with Crippen LogP contribution in [0.5, 0.6) is 0 Å². The maximum Gasteiger partial charge on any atom is 0.244 e. The van der Waals surface area contributed by atoms with E-state index in [0.717, 1.165) is 11.1 Å². The number of amides is 1. The Morgan fingerprint density at radius 1 is 0.868 bits per heavy atom. The summed E-state index contributed by atoms with van der Waals surface area (Å²) >= 11 is 0. The zero-order valence-corrected chi connectivity index (χ0v) is 21.4. The third-order valence-electron chi connectivity index (χ3n) is 7.90. The predicted molar refractivity (Wildman–Crippen MR) is 142 cm³/mol. The first-order valence-electron chi connectivity index (χ1n) is 12.3. The van der Waals surface area contributed by atoms with E-state index in [9.17, 15) is 24.9 Å². The van der Waals surface area contributed by atoms with Gasteiger partial charge in [-0.25, -0.2) is 0 Å². The number of likely N-dealkylation sites (N-methyl/N-ethyl adjacent to an activating group) is 1. The van der Waals surface area contributed by atoms with Crippen molar-refractivity contribution in [2.75, 3.05) is 11.9 Å². The number of aryl methyl sites for hydroxylation is 2. The quantitative estimate of drug-likeness (QED) is 0.446. The van der Waals surface area contributed by atoms with Gasteiger partial charge in [-0.05, 0) is 25.5 Å². The van der Waals surface area contributed by atoms with Gasteiger partial charge >= 0.3 is 0 Å². The van der Waals surface area contributed by atoms with Crippen LogP contribution in [0.2, 0.25) is 0 Å². The molecule has 1 heterocycles. The van der Waals surface area contributed by atoms with Crippen LogP contribution in [0.4, 0.5) is 5.69 Å². The van der Waals surface area contributed by atoms with E-state index in [1.807, 2.05) is 26.0 Å². The Bertz CT molecular complexity index is 1590. The highest BCUT2D eigenvalue weighted by molar-refractivity contribution is 6.22. The Labute approximate surface area is 221 Å². The zero-order valence-electron chi connectivity index (χ0n) is 21.4. The number of anilines is 1. The number of para-hydroxylation sites is 1. The summed E-state index contributed by atoms with van der Waals surface area (Å²) in [5, 5.41) is 21.3. The first kappa shape index (κ1) is 24.9. The van der Waals surface area contributed by atoms with E-state index < -0.39 is 28.4 Å². The van der Waals surface area contributed by atoms with Crippen LogP contribution < -0.4 is 4.90 Å². The van der Waals surface area contributed by atoms with E-state index in [-0.39, 0.29) is 17.8 Å². The molecule has 6 heteroatoms. The lowest BCUT2D eigenvalue weighted by atomic mass is 9.57. The fraction of sp³-hybridized carbons (Fsp3) is 0.219. The third kappa shape index (κ3) is 3.27. The van der Waals surface area contributed by atoms with Gasteiger partial charge in [0, 0.05) is 41.8 Å². The van der Waals surface area contributed by atoms with E-state index in [4.69, 9.17) is 0 Å². The van der Waals surface area contributed by atoms with Gasteiger partial charge in [0.15, 0.2) is 17.0 Å². The molecule has 1 unspecified atom stereocenters. The second kappa shape index (κ2) is 8.94. The summed E-state index contributed by atoms with van der Waals surface area (Å²) < 4.78 is 0. The van der Waals surface area contributed by atoms with Gasteiger partial charge in [0.1, 0.15) is 5.41 Å². The van der Waals surface area contributed by atoms with Gasteiger partial charge in [0.25, 0.3) is 0 Å². The average Bonchev–Trinajstić information content (AvgIpc) is 3.34. The largest absolute Gasteiger partial charge is 0.314 e. The van der Waals surface area contributed by atoms with Crippen molar-refractivity contribution in [3.8, 4) is 12.1 Å². The molecule has 0 aromatic heterocycles. The fourth-order valence-electron chi connectivity index (χ4n) is 5.88. The Morgan fingerprint density at radius 2 is 1.42 bits per heavy atom. The molecule has 38 heavy (non-hydrogen) atoms. The summed E-state index contributed by atoms with van der Waals surface area (Å²) in [6.07, 6.45) is 1.34. The van der Waals surface area contributed by atoms with Gasteiger partial charge in [0.05, 0.1) is 12.1 Å². The number of carbonyl (C=O) groups excluding carboxylic acids is 3. The molecule has 0 bridgehead atoms. The minimum atomic E-state index is -2.01. The summed E-state index contributed by atoms with van der Waals surface area (Å²) in [6, 6.07) is 25.2. The second-order valence-corrected chi connectivity index (χ2v) is 10.0. The minimum absolute atomic E-state index is 0.0629. The molecule has 1 amide bonds. The molecule has 0 saturated carbocycles. The predicted octanol–water partition coefficient (Wildman–Crippen LogP) is 5.26. The van der Waals surface area contributed by atoms with Crippen molar-refractivity contribution in [3.05, 3.63) is 112 Å². The summed E-state index contributed by atoms with van der Waals surface area (Å²) in [4.78, 5) is 43.1. The molecular formula is C32H25N3O3. The van der Waals surface area contributed by atoms with Crippen LogP contribution in [0.3, 0.4) is 0 Å². The van der Waals surface area contributed by atoms with Gasteiger partial charge < -0.3 is 4.90 Å². The monoisotopic (exact) mass is 499 g/mol. The smallest absolute Gasteiger partial charge is 0.244 e. The van der Waals surface area contributed by atoms with Crippen molar-refractivity contribution in [2.45, 2.75) is 25.7 Å². The van der Waals surface area contributed by atoms with Gasteiger partial charge in [-0.15, -0.1) is 0 Å². The van der Waals surface area contributed by atoms with Crippen molar-refractivity contribution < 1.29 is 14.4 Å². The van der Waals surface area contributed by atoms with Crippen LogP contribution in [-0.4, -0.2) is 24.5 Å². The summed E-state index contributed by atoms with van der Waals surface area (Å²) in [7, 11) is 1.58. The Kier molecular flexibility index (Phi) is 5.85. The number of Topliss-reactive ketones (excluding diaryl/α,β-unsaturated/α-hetero) is 2. The van der Waals surface area contributed by atoms with E-state index >= 15 is 0 Å². The summed E-state index contributed by atoms with van der Waals surface area (Å²) in [5.41, 5.74) is -0.132. The maximum atomic E-state index is 14.2. The number of rotatable bonds is 5. The molecule has 3 aromatic carbocycles. The van der Waals surface area contributed by atoms with Gasteiger partial charge in [0.2, 0.25) is 5.91 Å². The molecule has 6 nitrogen and oxygen atoms in total. The van der Waals surface area contributed by atoms with Crippen LogP contribution in [0.15, 0.2) is 84.4 Å². The summed E-state index contributed by atoms with van der Waals surface area (Å²) in [5.74, 6) is -2.23. The standard InChI is InChI=1S/C32H25N3O3/c1-20-8-12-22(13-9-20)28(36)17-24-16-26(29(37)23-14-10-21(2)11-15-23)32(31(24,18-33)19-34)25-6-4-5-7-27(25)35(3)30(32)38/h4-16,24H,17H2,1-3H3/t24?,32-/m0/s1. The van der Waals surface area contributed by atoms with Gasteiger partial charge in [-0.2, -0.15) is 10.5 Å². The average molecular weight is 500 g/mol. The molecule has 1 aliphatic carbocycles. The molecule has 2 aliphatic rings. The number of ketones is 2. The van der Waals surface area contributed by atoms with Gasteiger partial charge in [-0.1, -0.05) is 83.9 Å². The molecule has 1 aliphatic heterocycles. The van der Waals surface area contributed by atoms with Crippen molar-refractivity contribution in [2.24, 2.45) is 11.3 Å². The lowest BCUT2D eigenvalue weighted by molar-refractivity contribution is -0.123. The first-order chi connectivity index (χ1) is 18.2. The summed E-state index contributed by atoms with van der Waals surface area (Å²) in [6.45, 7) is 3.82. The molecule has 2 atom stereocenters. The van der Waals surface area contributed by atoms with E-state index in [1.54, 1.807) is 67.7 Å². The molecule has 3 aromatic rings. The molecule has 1 spiro atoms. The molecule has 0 N–H and O–H groups in total. The van der Waals surface area contributed by atoms with Crippen molar-refractivity contribution in [1.29, 1.82) is 10.5 Å². The topological polar surface area (TPSA) is 102 Å². The highest BCUT2D eigenvalue weighted by atomic mass is 16.2. The van der Waals surface area contributed by atoms with Crippen LogP contribution >= 0.6 is 0 Å². The van der Waals surface area contributed by atoms with E-state index in [2.05, 4.69) is 12.1 Å².